The van der Waals surface area contributed by atoms with Crippen molar-refractivity contribution in [1.29, 1.82) is 0 Å². The summed E-state index contributed by atoms with van der Waals surface area (Å²) in [6.45, 7) is 3.41. The van der Waals surface area contributed by atoms with Crippen molar-refractivity contribution in [3.8, 4) is 0 Å². The van der Waals surface area contributed by atoms with E-state index in [1.54, 1.807) is 0 Å². The molecular formula is C8H16O3. The first kappa shape index (κ1) is 8.97. The van der Waals surface area contributed by atoms with Crippen LogP contribution in [-0.2, 0) is 9.47 Å². The van der Waals surface area contributed by atoms with Gasteiger partial charge in [-0.3, -0.25) is 0 Å². The van der Waals surface area contributed by atoms with Crippen LogP contribution in [0, 0.1) is 0 Å². The summed E-state index contributed by atoms with van der Waals surface area (Å²) in [4.78, 5) is 0. The van der Waals surface area contributed by atoms with Gasteiger partial charge in [0.2, 0.25) is 0 Å². The van der Waals surface area contributed by atoms with E-state index in [1.807, 2.05) is 0 Å². The van der Waals surface area contributed by atoms with Crippen LogP contribution in [-0.4, -0.2) is 37.1 Å². The largest absolute Gasteiger partial charge is 0.394 e. The molecule has 1 N–H and O–H groups in total. The van der Waals surface area contributed by atoms with Gasteiger partial charge in [-0.15, -0.1) is 0 Å². The molecule has 0 aromatic carbocycles. The van der Waals surface area contributed by atoms with Gasteiger partial charge in [0.1, 0.15) is 0 Å². The Balaban J connectivity index is 1.74. The fourth-order valence-corrected chi connectivity index (χ4v) is 1.09. The Bertz CT molecular complexity index is 106. The van der Waals surface area contributed by atoms with Crippen LogP contribution in [0.3, 0.4) is 0 Å². The molecule has 0 unspecified atom stereocenters. The van der Waals surface area contributed by atoms with Crippen molar-refractivity contribution in [3.05, 3.63) is 0 Å². The van der Waals surface area contributed by atoms with E-state index in [1.165, 1.54) is 0 Å². The highest BCUT2D eigenvalue weighted by molar-refractivity contribution is 4.79. The van der Waals surface area contributed by atoms with E-state index in [9.17, 15) is 0 Å². The molecule has 3 nitrogen and oxygen atoms in total. The maximum atomic E-state index is 8.38. The summed E-state index contributed by atoms with van der Waals surface area (Å²) in [7, 11) is 0. The quantitative estimate of drug-likeness (QED) is 0.456. The molecule has 11 heavy (non-hydrogen) atoms. The SMILES string of the molecule is C[C@H]1O[C@H]1CCCOCCO. The van der Waals surface area contributed by atoms with Crippen LogP contribution in [0.25, 0.3) is 0 Å². The second-order valence-corrected chi connectivity index (χ2v) is 2.86. The molecule has 0 bridgehead atoms. The molecule has 0 aliphatic carbocycles. The van der Waals surface area contributed by atoms with Crippen LogP contribution >= 0.6 is 0 Å². The summed E-state index contributed by atoms with van der Waals surface area (Å²) in [5.41, 5.74) is 0. The standard InChI is InChI=1S/C8H16O3/c1-7-8(11-7)3-2-5-10-6-4-9/h7-9H,2-6H2,1H3/t7-,8+/m1/s1. The predicted octanol–water partition coefficient (Wildman–Crippen LogP) is 0.563. The van der Waals surface area contributed by atoms with Gasteiger partial charge in [-0.25, -0.2) is 0 Å². The molecule has 1 aliphatic rings. The average molecular weight is 160 g/mol. The Morgan fingerprint density at radius 3 is 2.73 bits per heavy atom. The van der Waals surface area contributed by atoms with Crippen LogP contribution in [0.5, 0.6) is 0 Å². The van der Waals surface area contributed by atoms with E-state index in [0.717, 1.165) is 19.4 Å². The third kappa shape index (κ3) is 3.70. The summed E-state index contributed by atoms with van der Waals surface area (Å²) in [6, 6.07) is 0. The second-order valence-electron chi connectivity index (χ2n) is 2.86. The van der Waals surface area contributed by atoms with Gasteiger partial charge in [-0.05, 0) is 19.8 Å². The Morgan fingerprint density at radius 2 is 2.18 bits per heavy atom. The second kappa shape index (κ2) is 4.70. The smallest absolute Gasteiger partial charge is 0.0839 e. The van der Waals surface area contributed by atoms with E-state index in [0.29, 0.717) is 18.8 Å². The molecule has 3 heteroatoms. The first-order valence-electron chi connectivity index (χ1n) is 4.18. The molecule has 0 aromatic heterocycles. The zero-order valence-corrected chi connectivity index (χ0v) is 6.95. The number of aliphatic hydroxyl groups excluding tert-OH is 1. The Morgan fingerprint density at radius 1 is 1.45 bits per heavy atom. The summed E-state index contributed by atoms with van der Waals surface area (Å²) < 4.78 is 10.3. The van der Waals surface area contributed by atoms with Gasteiger partial charge in [0.05, 0.1) is 25.4 Å². The highest BCUT2D eigenvalue weighted by atomic mass is 16.6. The van der Waals surface area contributed by atoms with Crippen molar-refractivity contribution in [2.75, 3.05) is 19.8 Å². The summed E-state index contributed by atoms with van der Waals surface area (Å²) in [5.74, 6) is 0. The molecule has 2 atom stereocenters. The van der Waals surface area contributed by atoms with E-state index in [4.69, 9.17) is 14.6 Å². The molecular weight excluding hydrogens is 144 g/mol. The zero-order chi connectivity index (χ0) is 8.10. The minimum atomic E-state index is 0.121. The van der Waals surface area contributed by atoms with Gasteiger partial charge < -0.3 is 14.6 Å². The molecule has 1 fully saturated rings. The van der Waals surface area contributed by atoms with Crippen LogP contribution < -0.4 is 0 Å². The van der Waals surface area contributed by atoms with Crippen molar-refractivity contribution < 1.29 is 14.6 Å². The lowest BCUT2D eigenvalue weighted by atomic mass is 10.2. The zero-order valence-electron chi connectivity index (χ0n) is 6.95. The van der Waals surface area contributed by atoms with Crippen LogP contribution in [0.4, 0.5) is 0 Å². The van der Waals surface area contributed by atoms with E-state index < -0.39 is 0 Å². The van der Waals surface area contributed by atoms with Gasteiger partial charge >= 0.3 is 0 Å². The highest BCUT2D eigenvalue weighted by Crippen LogP contribution is 2.25. The lowest BCUT2D eigenvalue weighted by Gasteiger charge is -1.99. The van der Waals surface area contributed by atoms with Crippen LogP contribution in [0.2, 0.25) is 0 Å². The Labute approximate surface area is 67.3 Å². The fraction of sp³-hybridized carbons (Fsp3) is 1.00. The van der Waals surface area contributed by atoms with E-state index >= 15 is 0 Å². The molecule has 1 aliphatic heterocycles. The minimum absolute atomic E-state index is 0.121. The van der Waals surface area contributed by atoms with Crippen molar-refractivity contribution in [2.45, 2.75) is 32.0 Å². The molecule has 1 heterocycles. The predicted molar refractivity (Wildman–Crippen MR) is 41.5 cm³/mol. The lowest BCUT2D eigenvalue weighted by molar-refractivity contribution is 0.0888. The van der Waals surface area contributed by atoms with Gasteiger partial charge in [0.15, 0.2) is 0 Å². The normalized spacial score (nSPS) is 28.9. The van der Waals surface area contributed by atoms with Gasteiger partial charge in [-0.2, -0.15) is 0 Å². The van der Waals surface area contributed by atoms with Crippen molar-refractivity contribution >= 4 is 0 Å². The number of aliphatic hydroxyl groups is 1. The maximum absolute atomic E-state index is 8.38. The third-order valence-corrected chi connectivity index (χ3v) is 1.85. The maximum Gasteiger partial charge on any atom is 0.0839 e. The molecule has 0 spiro atoms. The number of ether oxygens (including phenoxy) is 2. The van der Waals surface area contributed by atoms with E-state index in [-0.39, 0.29) is 6.61 Å². The van der Waals surface area contributed by atoms with Gasteiger partial charge in [-0.1, -0.05) is 0 Å². The molecule has 0 aromatic rings. The Kier molecular flexibility index (Phi) is 3.83. The Hall–Kier alpha value is -0.120. The highest BCUT2D eigenvalue weighted by Gasteiger charge is 2.32. The summed E-state index contributed by atoms with van der Waals surface area (Å²) in [5, 5.41) is 8.38. The summed E-state index contributed by atoms with van der Waals surface area (Å²) in [6.07, 6.45) is 3.07. The first-order chi connectivity index (χ1) is 5.34. The molecule has 1 rings (SSSR count). The van der Waals surface area contributed by atoms with Crippen molar-refractivity contribution in [1.82, 2.24) is 0 Å². The summed E-state index contributed by atoms with van der Waals surface area (Å²) >= 11 is 0. The number of hydrogen-bond acceptors (Lipinski definition) is 3. The molecule has 66 valence electrons. The van der Waals surface area contributed by atoms with Gasteiger partial charge in [0, 0.05) is 6.61 Å². The van der Waals surface area contributed by atoms with Crippen LogP contribution in [0.1, 0.15) is 19.8 Å². The molecule has 0 radical (unpaired) electrons. The molecule has 0 saturated carbocycles. The number of rotatable bonds is 6. The molecule has 1 saturated heterocycles. The minimum Gasteiger partial charge on any atom is -0.394 e. The number of hydrogen-bond donors (Lipinski definition) is 1. The van der Waals surface area contributed by atoms with Crippen molar-refractivity contribution in [3.63, 3.8) is 0 Å². The van der Waals surface area contributed by atoms with Crippen molar-refractivity contribution in [2.24, 2.45) is 0 Å². The van der Waals surface area contributed by atoms with E-state index in [2.05, 4.69) is 6.92 Å². The monoisotopic (exact) mass is 160 g/mol. The van der Waals surface area contributed by atoms with Gasteiger partial charge in [0.25, 0.3) is 0 Å². The lowest BCUT2D eigenvalue weighted by Crippen LogP contribution is -2.02. The fourth-order valence-electron chi connectivity index (χ4n) is 1.09. The topological polar surface area (TPSA) is 42.0 Å². The molecule has 0 amide bonds. The first-order valence-corrected chi connectivity index (χ1v) is 4.18. The average Bonchev–Trinajstić information content (AvgIpc) is 2.67. The third-order valence-electron chi connectivity index (χ3n) is 1.85. The number of epoxide rings is 1. The van der Waals surface area contributed by atoms with Crippen LogP contribution in [0.15, 0.2) is 0 Å².